The van der Waals surface area contributed by atoms with Gasteiger partial charge in [-0.3, -0.25) is 4.79 Å². The average Bonchev–Trinajstić information content (AvgIpc) is 3.32. The summed E-state index contributed by atoms with van der Waals surface area (Å²) in [4.78, 5) is 18.0. The summed E-state index contributed by atoms with van der Waals surface area (Å²) in [6.45, 7) is 0.808. The summed E-state index contributed by atoms with van der Waals surface area (Å²) in [6, 6.07) is 15.6. The Bertz CT molecular complexity index is 1170. The van der Waals surface area contributed by atoms with E-state index in [2.05, 4.69) is 4.98 Å². The molecule has 4 aromatic rings. The van der Waals surface area contributed by atoms with Gasteiger partial charge in [0.25, 0.3) is 5.56 Å². The van der Waals surface area contributed by atoms with Gasteiger partial charge in [0.1, 0.15) is 5.75 Å². The van der Waals surface area contributed by atoms with Crippen molar-refractivity contribution in [1.29, 1.82) is 0 Å². The highest BCUT2D eigenvalue weighted by Crippen LogP contribution is 2.29. The second-order valence-corrected chi connectivity index (χ2v) is 7.47. The highest BCUT2D eigenvalue weighted by Gasteiger charge is 2.21. The standard InChI is InChI=1S/C20H16N2O2S/c23-19-18(25-20-21-16-3-1-2-4-17(16)22(19)20)11-13-7-9-15(10-8-13)24-12-14-5-6-14/h1-4,7-11,14H,5-6,12H2. The van der Waals surface area contributed by atoms with Crippen LogP contribution in [0.1, 0.15) is 18.4 Å². The fraction of sp³-hybridized carbons (Fsp3) is 0.200. The van der Waals surface area contributed by atoms with Crippen LogP contribution in [0.5, 0.6) is 5.75 Å². The van der Waals surface area contributed by atoms with Crippen molar-refractivity contribution < 1.29 is 4.74 Å². The first kappa shape index (κ1) is 14.7. The number of aromatic nitrogens is 2. The van der Waals surface area contributed by atoms with Crippen LogP contribution in [0.4, 0.5) is 0 Å². The zero-order valence-corrected chi connectivity index (χ0v) is 14.3. The van der Waals surface area contributed by atoms with Crippen LogP contribution >= 0.6 is 11.3 Å². The van der Waals surface area contributed by atoms with Gasteiger partial charge in [-0.25, -0.2) is 9.38 Å². The lowest BCUT2D eigenvalue weighted by Gasteiger charge is -2.04. The molecule has 2 heterocycles. The van der Waals surface area contributed by atoms with Crippen molar-refractivity contribution in [3.63, 3.8) is 0 Å². The Kier molecular flexibility index (Phi) is 3.35. The summed E-state index contributed by atoms with van der Waals surface area (Å²) in [5.41, 5.74) is 2.70. The molecule has 0 amide bonds. The Balaban J connectivity index is 1.51. The lowest BCUT2D eigenvalue weighted by molar-refractivity contribution is 0.300. The van der Waals surface area contributed by atoms with Gasteiger partial charge in [-0.05, 0) is 54.7 Å². The summed E-state index contributed by atoms with van der Waals surface area (Å²) in [6.07, 6.45) is 4.49. The quantitative estimate of drug-likeness (QED) is 0.569. The Labute approximate surface area is 148 Å². The van der Waals surface area contributed by atoms with Gasteiger partial charge in [0, 0.05) is 0 Å². The van der Waals surface area contributed by atoms with E-state index in [1.54, 1.807) is 4.40 Å². The molecule has 0 saturated heterocycles. The minimum atomic E-state index is -0.0113. The molecule has 0 atom stereocenters. The zero-order valence-electron chi connectivity index (χ0n) is 13.5. The van der Waals surface area contributed by atoms with Crippen molar-refractivity contribution in [3.8, 4) is 5.75 Å². The van der Waals surface area contributed by atoms with Crippen molar-refractivity contribution in [2.75, 3.05) is 6.61 Å². The maximum atomic E-state index is 12.7. The van der Waals surface area contributed by atoms with Crippen molar-refractivity contribution in [3.05, 3.63) is 69.0 Å². The fourth-order valence-corrected chi connectivity index (χ4v) is 3.91. The molecule has 1 aliphatic carbocycles. The van der Waals surface area contributed by atoms with Gasteiger partial charge in [0.05, 0.1) is 22.2 Å². The molecule has 0 spiro atoms. The van der Waals surface area contributed by atoms with E-state index >= 15 is 0 Å². The highest BCUT2D eigenvalue weighted by atomic mass is 32.1. The zero-order chi connectivity index (χ0) is 16.8. The van der Waals surface area contributed by atoms with E-state index < -0.39 is 0 Å². The number of rotatable bonds is 4. The minimum absolute atomic E-state index is 0.0113. The topological polar surface area (TPSA) is 43.6 Å². The summed E-state index contributed by atoms with van der Waals surface area (Å²) in [7, 11) is 0. The number of hydrogen-bond donors (Lipinski definition) is 0. The van der Waals surface area contributed by atoms with E-state index in [1.165, 1.54) is 24.2 Å². The van der Waals surface area contributed by atoms with Gasteiger partial charge in [-0.2, -0.15) is 0 Å². The lowest BCUT2D eigenvalue weighted by Crippen LogP contribution is -2.22. The molecule has 25 heavy (non-hydrogen) atoms. The summed E-state index contributed by atoms with van der Waals surface area (Å²) in [5, 5.41) is 0. The van der Waals surface area contributed by atoms with Crippen LogP contribution < -0.4 is 14.8 Å². The van der Waals surface area contributed by atoms with E-state index in [0.717, 1.165) is 39.8 Å². The van der Waals surface area contributed by atoms with Crippen LogP contribution in [-0.4, -0.2) is 16.0 Å². The van der Waals surface area contributed by atoms with E-state index in [9.17, 15) is 4.79 Å². The number of nitrogens with zero attached hydrogens (tertiary/aromatic N) is 2. The minimum Gasteiger partial charge on any atom is -0.493 e. The number of fused-ring (bicyclic) bond motifs is 3. The van der Waals surface area contributed by atoms with Gasteiger partial charge < -0.3 is 4.74 Å². The smallest absolute Gasteiger partial charge is 0.274 e. The molecule has 1 aliphatic rings. The van der Waals surface area contributed by atoms with Gasteiger partial charge in [0.2, 0.25) is 0 Å². The third-order valence-corrected chi connectivity index (χ3v) is 5.47. The molecule has 5 rings (SSSR count). The van der Waals surface area contributed by atoms with Crippen molar-refractivity contribution in [1.82, 2.24) is 9.38 Å². The molecular weight excluding hydrogens is 332 g/mol. The third kappa shape index (κ3) is 2.70. The van der Waals surface area contributed by atoms with Gasteiger partial charge in [-0.15, -0.1) is 0 Å². The Hall–Kier alpha value is -2.66. The SMILES string of the molecule is O=c1c(=Cc2ccc(OCC3CC3)cc2)sc2nc3ccccc3n12. The number of thiazole rings is 1. The molecule has 0 bridgehead atoms. The molecule has 1 saturated carbocycles. The van der Waals surface area contributed by atoms with Gasteiger partial charge in [-0.1, -0.05) is 35.6 Å². The van der Waals surface area contributed by atoms with Gasteiger partial charge in [0.15, 0.2) is 4.96 Å². The summed E-state index contributed by atoms with van der Waals surface area (Å²) >= 11 is 1.42. The molecule has 2 aromatic heterocycles. The van der Waals surface area contributed by atoms with Crippen molar-refractivity contribution in [2.24, 2.45) is 5.92 Å². The Morgan fingerprint density at radius 1 is 1.16 bits per heavy atom. The third-order valence-electron chi connectivity index (χ3n) is 4.51. The largest absolute Gasteiger partial charge is 0.493 e. The first-order valence-corrected chi connectivity index (χ1v) is 9.24. The molecule has 0 radical (unpaired) electrons. The van der Waals surface area contributed by atoms with Crippen LogP contribution in [0.25, 0.3) is 22.1 Å². The second-order valence-electron chi connectivity index (χ2n) is 6.46. The first-order valence-electron chi connectivity index (χ1n) is 8.42. The Morgan fingerprint density at radius 3 is 2.76 bits per heavy atom. The first-order chi connectivity index (χ1) is 12.3. The molecular formula is C20H16N2O2S. The predicted molar refractivity (Wildman–Crippen MR) is 100 cm³/mol. The van der Waals surface area contributed by atoms with Crippen molar-refractivity contribution >= 4 is 33.4 Å². The van der Waals surface area contributed by atoms with Crippen LogP contribution in [0.3, 0.4) is 0 Å². The maximum Gasteiger partial charge on any atom is 0.274 e. The summed E-state index contributed by atoms with van der Waals surface area (Å²) < 4.78 is 8.14. The molecule has 4 nitrogen and oxygen atoms in total. The van der Waals surface area contributed by atoms with E-state index in [-0.39, 0.29) is 5.56 Å². The number of benzene rings is 2. The maximum absolute atomic E-state index is 12.7. The monoisotopic (exact) mass is 348 g/mol. The number of hydrogen-bond acceptors (Lipinski definition) is 4. The van der Waals surface area contributed by atoms with Crippen LogP contribution in [0.2, 0.25) is 0 Å². The molecule has 0 N–H and O–H groups in total. The fourth-order valence-electron chi connectivity index (χ4n) is 2.92. The Morgan fingerprint density at radius 2 is 1.96 bits per heavy atom. The van der Waals surface area contributed by atoms with Crippen molar-refractivity contribution in [2.45, 2.75) is 12.8 Å². The van der Waals surface area contributed by atoms with E-state index in [0.29, 0.717) is 4.53 Å². The van der Waals surface area contributed by atoms with Crippen LogP contribution in [0.15, 0.2) is 53.3 Å². The number of ether oxygens (including phenoxy) is 1. The highest BCUT2D eigenvalue weighted by molar-refractivity contribution is 7.15. The molecule has 5 heteroatoms. The average molecular weight is 348 g/mol. The molecule has 1 fully saturated rings. The molecule has 124 valence electrons. The van der Waals surface area contributed by atoms with E-state index in [1.807, 2.05) is 54.6 Å². The van der Waals surface area contributed by atoms with E-state index in [4.69, 9.17) is 4.74 Å². The second kappa shape index (κ2) is 5.70. The van der Waals surface area contributed by atoms with Gasteiger partial charge >= 0.3 is 0 Å². The molecule has 0 unspecified atom stereocenters. The molecule has 2 aromatic carbocycles. The lowest BCUT2D eigenvalue weighted by atomic mass is 10.2. The number of imidazole rings is 1. The molecule has 0 aliphatic heterocycles. The number of para-hydroxylation sites is 2. The summed E-state index contributed by atoms with van der Waals surface area (Å²) in [5.74, 6) is 1.63. The van der Waals surface area contributed by atoms with Crippen LogP contribution in [-0.2, 0) is 0 Å². The van der Waals surface area contributed by atoms with Crippen LogP contribution in [0, 0.1) is 5.92 Å². The predicted octanol–water partition coefficient (Wildman–Crippen LogP) is 3.25. The normalized spacial score (nSPS) is 15.3.